The van der Waals surface area contributed by atoms with Crippen molar-refractivity contribution in [2.75, 3.05) is 13.1 Å². The largest absolute Gasteiger partial charge is 0.356 e. The topological polar surface area (TPSA) is 44.7 Å². The van der Waals surface area contributed by atoms with Gasteiger partial charge in [-0.1, -0.05) is 42.0 Å². The summed E-state index contributed by atoms with van der Waals surface area (Å²) < 4.78 is 0. The maximum atomic E-state index is 12.6. The molecule has 1 N–H and O–H groups in total. The summed E-state index contributed by atoms with van der Waals surface area (Å²) in [6.07, 6.45) is 3.99. The van der Waals surface area contributed by atoms with E-state index < -0.39 is 0 Å². The van der Waals surface area contributed by atoms with E-state index in [1.807, 2.05) is 6.92 Å². The summed E-state index contributed by atoms with van der Waals surface area (Å²) in [7, 11) is 0. The Morgan fingerprint density at radius 1 is 1.31 bits per heavy atom. The number of hydrogen-bond donors (Lipinski definition) is 1. The van der Waals surface area contributed by atoms with Crippen LogP contribution in [-0.2, 0) is 11.3 Å². The third-order valence-corrected chi connectivity index (χ3v) is 4.43. The average molecular weight is 354 g/mol. The second-order valence-electron chi connectivity index (χ2n) is 7.42. The minimum atomic E-state index is -0.00455. The Balaban J connectivity index is 1.99. The summed E-state index contributed by atoms with van der Waals surface area (Å²) in [5.41, 5.74) is 4.33. The normalized spacial score (nSPS) is 17.6. The molecule has 0 aromatic heterocycles. The monoisotopic (exact) mass is 353 g/mol. The number of amides is 1. The second-order valence-corrected chi connectivity index (χ2v) is 7.42. The van der Waals surface area contributed by atoms with Gasteiger partial charge in [-0.05, 0) is 52.2 Å². The standard InChI is InChI=1S/C22H31N3O/c1-16(2)13-21(24-17(3)4)25-12-6-7-20(15-25)22(26)23-14-19-10-8-18(5)9-11-19/h8-11,13,20H,3,6-7,12,14-15H2,1-2,4-5H3,(H,23,26)/t20-/m0/s1. The molecule has 0 spiro atoms. The lowest BCUT2D eigenvalue weighted by Gasteiger charge is -2.33. The smallest absolute Gasteiger partial charge is 0.225 e. The third kappa shape index (κ3) is 6.17. The zero-order valence-corrected chi connectivity index (χ0v) is 16.5. The molecule has 0 radical (unpaired) electrons. The van der Waals surface area contributed by atoms with Crippen molar-refractivity contribution in [3.05, 3.63) is 59.3 Å². The number of nitrogens with zero attached hydrogens (tertiary/aromatic N) is 2. The molecular weight excluding hydrogens is 322 g/mol. The summed E-state index contributed by atoms with van der Waals surface area (Å²) in [4.78, 5) is 19.4. The van der Waals surface area contributed by atoms with Crippen molar-refractivity contribution in [1.82, 2.24) is 10.2 Å². The Hall–Kier alpha value is -2.36. The molecule has 1 aliphatic heterocycles. The molecule has 1 aliphatic rings. The molecule has 0 unspecified atom stereocenters. The Labute approximate surface area is 157 Å². The number of benzene rings is 1. The fourth-order valence-electron chi connectivity index (χ4n) is 3.09. The van der Waals surface area contributed by atoms with E-state index in [0.29, 0.717) is 13.1 Å². The van der Waals surface area contributed by atoms with E-state index in [-0.39, 0.29) is 11.8 Å². The van der Waals surface area contributed by atoms with Crippen LogP contribution in [0.1, 0.15) is 44.7 Å². The number of amidine groups is 1. The SMILES string of the molecule is C=C(C)N=C(C=C(C)C)N1CCC[C@H](C(=O)NCc2ccc(C)cc2)C1. The first kappa shape index (κ1) is 20.0. The first-order valence-corrected chi connectivity index (χ1v) is 9.32. The summed E-state index contributed by atoms with van der Waals surface area (Å²) in [5.74, 6) is 1.03. The van der Waals surface area contributed by atoms with E-state index in [0.717, 1.165) is 36.5 Å². The molecule has 2 rings (SSSR count). The Morgan fingerprint density at radius 3 is 2.62 bits per heavy atom. The van der Waals surface area contributed by atoms with Crippen molar-refractivity contribution >= 4 is 11.7 Å². The lowest BCUT2D eigenvalue weighted by molar-refractivity contribution is -0.126. The van der Waals surface area contributed by atoms with Gasteiger partial charge in [-0.15, -0.1) is 0 Å². The summed E-state index contributed by atoms with van der Waals surface area (Å²) in [5, 5.41) is 3.09. The molecule has 1 aromatic rings. The van der Waals surface area contributed by atoms with Crippen LogP contribution in [0.3, 0.4) is 0 Å². The highest BCUT2D eigenvalue weighted by Crippen LogP contribution is 2.19. The predicted octanol–water partition coefficient (Wildman–Crippen LogP) is 4.22. The molecule has 4 heteroatoms. The molecule has 1 heterocycles. The fraction of sp³-hybridized carbons (Fsp3) is 0.455. The number of piperidine rings is 1. The molecule has 0 bridgehead atoms. The second kappa shape index (κ2) is 9.37. The molecule has 1 atom stereocenters. The van der Waals surface area contributed by atoms with Crippen LogP contribution in [-0.4, -0.2) is 29.7 Å². The highest BCUT2D eigenvalue weighted by Gasteiger charge is 2.26. The first-order valence-electron chi connectivity index (χ1n) is 9.32. The van der Waals surface area contributed by atoms with Gasteiger partial charge in [-0.3, -0.25) is 4.79 Å². The number of allylic oxidation sites excluding steroid dienone is 2. The Kier molecular flexibility index (Phi) is 7.19. The van der Waals surface area contributed by atoms with Crippen LogP contribution in [0, 0.1) is 12.8 Å². The number of aryl methyl sites for hydroxylation is 1. The highest BCUT2D eigenvalue weighted by molar-refractivity contribution is 5.94. The van der Waals surface area contributed by atoms with Crippen LogP contribution in [0.4, 0.5) is 0 Å². The molecule has 140 valence electrons. The quantitative estimate of drug-likeness (QED) is 0.636. The van der Waals surface area contributed by atoms with Gasteiger partial charge in [0, 0.05) is 25.3 Å². The molecule has 1 saturated heterocycles. The number of nitrogens with one attached hydrogen (secondary N) is 1. The van der Waals surface area contributed by atoms with E-state index in [9.17, 15) is 4.79 Å². The van der Waals surface area contributed by atoms with Gasteiger partial charge in [0.25, 0.3) is 0 Å². The van der Waals surface area contributed by atoms with Gasteiger partial charge in [0.05, 0.1) is 5.92 Å². The molecule has 26 heavy (non-hydrogen) atoms. The molecule has 1 amide bonds. The van der Waals surface area contributed by atoms with E-state index in [4.69, 9.17) is 0 Å². The summed E-state index contributed by atoms with van der Waals surface area (Å²) in [6.45, 7) is 14.2. The Morgan fingerprint density at radius 2 is 2.00 bits per heavy atom. The molecule has 1 fully saturated rings. The van der Waals surface area contributed by atoms with Crippen molar-refractivity contribution in [2.45, 2.75) is 47.1 Å². The third-order valence-electron chi connectivity index (χ3n) is 4.43. The van der Waals surface area contributed by atoms with Crippen molar-refractivity contribution in [2.24, 2.45) is 10.9 Å². The van der Waals surface area contributed by atoms with Crippen LogP contribution < -0.4 is 5.32 Å². The van der Waals surface area contributed by atoms with E-state index in [2.05, 4.69) is 72.9 Å². The molecular formula is C22H31N3O. The lowest BCUT2D eigenvalue weighted by atomic mass is 9.96. The van der Waals surface area contributed by atoms with Gasteiger partial charge in [-0.25, -0.2) is 4.99 Å². The van der Waals surface area contributed by atoms with Gasteiger partial charge >= 0.3 is 0 Å². The minimum absolute atomic E-state index is 0.00455. The number of aliphatic imine (C=N–C) groups is 1. The van der Waals surface area contributed by atoms with Crippen molar-refractivity contribution in [1.29, 1.82) is 0 Å². The van der Waals surface area contributed by atoms with Gasteiger partial charge in [0.1, 0.15) is 5.84 Å². The van der Waals surface area contributed by atoms with E-state index in [1.54, 1.807) is 0 Å². The van der Waals surface area contributed by atoms with Gasteiger partial charge < -0.3 is 10.2 Å². The highest BCUT2D eigenvalue weighted by atomic mass is 16.1. The van der Waals surface area contributed by atoms with Crippen molar-refractivity contribution in [3.8, 4) is 0 Å². The van der Waals surface area contributed by atoms with E-state index >= 15 is 0 Å². The van der Waals surface area contributed by atoms with E-state index in [1.165, 1.54) is 11.1 Å². The number of hydrogen-bond acceptors (Lipinski definition) is 2. The lowest BCUT2D eigenvalue weighted by Crippen LogP contribution is -2.45. The minimum Gasteiger partial charge on any atom is -0.356 e. The molecule has 4 nitrogen and oxygen atoms in total. The Bertz CT molecular complexity index is 697. The van der Waals surface area contributed by atoms with Crippen LogP contribution in [0.5, 0.6) is 0 Å². The van der Waals surface area contributed by atoms with Crippen LogP contribution in [0.15, 0.2) is 53.2 Å². The maximum absolute atomic E-state index is 12.6. The number of rotatable bonds is 5. The summed E-state index contributed by atoms with van der Waals surface area (Å²) >= 11 is 0. The zero-order valence-electron chi connectivity index (χ0n) is 16.5. The van der Waals surface area contributed by atoms with Gasteiger partial charge in [-0.2, -0.15) is 0 Å². The molecule has 0 aliphatic carbocycles. The number of carbonyl (C=O) groups excluding carboxylic acids is 1. The first-order chi connectivity index (χ1) is 12.3. The number of likely N-dealkylation sites (tertiary alicyclic amines) is 1. The number of carbonyl (C=O) groups is 1. The predicted molar refractivity (Wildman–Crippen MR) is 109 cm³/mol. The average Bonchev–Trinajstić information content (AvgIpc) is 2.60. The molecule has 1 aromatic carbocycles. The van der Waals surface area contributed by atoms with Crippen LogP contribution in [0.25, 0.3) is 0 Å². The fourth-order valence-corrected chi connectivity index (χ4v) is 3.09. The van der Waals surface area contributed by atoms with Gasteiger partial charge in [0.2, 0.25) is 5.91 Å². The summed E-state index contributed by atoms with van der Waals surface area (Å²) in [6, 6.07) is 8.28. The zero-order chi connectivity index (χ0) is 19.1. The van der Waals surface area contributed by atoms with Crippen LogP contribution >= 0.6 is 0 Å². The van der Waals surface area contributed by atoms with Crippen molar-refractivity contribution in [3.63, 3.8) is 0 Å². The maximum Gasteiger partial charge on any atom is 0.225 e. The molecule has 0 saturated carbocycles. The van der Waals surface area contributed by atoms with Crippen LogP contribution in [0.2, 0.25) is 0 Å². The van der Waals surface area contributed by atoms with Gasteiger partial charge in [0.15, 0.2) is 0 Å². The van der Waals surface area contributed by atoms with Crippen molar-refractivity contribution < 1.29 is 4.79 Å².